The van der Waals surface area contributed by atoms with Crippen LogP contribution in [0, 0.1) is 5.82 Å². The Kier molecular flexibility index (Phi) is 4.00. The molecule has 1 aromatic rings. The molecule has 0 aromatic heterocycles. The van der Waals surface area contributed by atoms with Crippen molar-refractivity contribution in [2.75, 3.05) is 0 Å². The molecule has 0 aliphatic heterocycles. The van der Waals surface area contributed by atoms with Crippen LogP contribution in [-0.2, 0) is 9.59 Å². The fourth-order valence-electron chi connectivity index (χ4n) is 1.30. The summed E-state index contributed by atoms with van der Waals surface area (Å²) in [5, 5.41) is 17.4. The highest BCUT2D eigenvalue weighted by Crippen LogP contribution is 2.24. The van der Waals surface area contributed by atoms with Crippen molar-refractivity contribution in [3.05, 3.63) is 34.1 Å². The minimum absolute atomic E-state index is 0.127. The van der Waals surface area contributed by atoms with Crippen molar-refractivity contribution >= 4 is 27.9 Å². The molecule has 16 heavy (non-hydrogen) atoms. The van der Waals surface area contributed by atoms with E-state index in [-0.39, 0.29) is 5.56 Å². The van der Waals surface area contributed by atoms with Gasteiger partial charge in [-0.05, 0) is 23.8 Å². The van der Waals surface area contributed by atoms with Crippen LogP contribution >= 0.6 is 15.9 Å². The van der Waals surface area contributed by atoms with E-state index in [2.05, 4.69) is 15.9 Å². The molecule has 1 unspecified atom stereocenters. The van der Waals surface area contributed by atoms with E-state index >= 15 is 0 Å². The lowest BCUT2D eigenvalue weighted by Crippen LogP contribution is -2.16. The van der Waals surface area contributed by atoms with Crippen LogP contribution < -0.4 is 0 Å². The van der Waals surface area contributed by atoms with Crippen molar-refractivity contribution < 1.29 is 24.2 Å². The van der Waals surface area contributed by atoms with Gasteiger partial charge < -0.3 is 10.2 Å². The van der Waals surface area contributed by atoms with Crippen molar-refractivity contribution in [2.24, 2.45) is 0 Å². The summed E-state index contributed by atoms with van der Waals surface area (Å²) in [7, 11) is 0. The van der Waals surface area contributed by atoms with E-state index in [0.717, 1.165) is 6.07 Å². The van der Waals surface area contributed by atoms with Crippen LogP contribution in [0.15, 0.2) is 22.7 Å². The third kappa shape index (κ3) is 3.30. The summed E-state index contributed by atoms with van der Waals surface area (Å²) in [6.07, 6.45) is -0.578. The molecule has 0 amide bonds. The van der Waals surface area contributed by atoms with Crippen LogP contribution in [0.4, 0.5) is 4.39 Å². The van der Waals surface area contributed by atoms with E-state index in [1.165, 1.54) is 12.1 Å². The molecule has 0 aliphatic rings. The Balaban J connectivity index is 3.10. The van der Waals surface area contributed by atoms with E-state index in [1.807, 2.05) is 0 Å². The average molecular weight is 291 g/mol. The highest BCUT2D eigenvalue weighted by Gasteiger charge is 2.23. The number of halogens is 2. The Morgan fingerprint density at radius 1 is 1.31 bits per heavy atom. The Hall–Kier alpha value is -1.43. The number of hydrogen-bond acceptors (Lipinski definition) is 2. The Labute approximate surface area is 98.8 Å². The van der Waals surface area contributed by atoms with Gasteiger partial charge >= 0.3 is 11.9 Å². The fraction of sp³-hybridized carbons (Fsp3) is 0.200. The van der Waals surface area contributed by atoms with Gasteiger partial charge in [-0.15, -0.1) is 0 Å². The molecule has 0 radical (unpaired) electrons. The van der Waals surface area contributed by atoms with Crippen molar-refractivity contribution in [3.8, 4) is 0 Å². The molecule has 86 valence electrons. The Morgan fingerprint density at radius 3 is 2.38 bits per heavy atom. The molecule has 1 rings (SSSR count). The van der Waals surface area contributed by atoms with Crippen molar-refractivity contribution in [3.63, 3.8) is 0 Å². The van der Waals surface area contributed by atoms with Gasteiger partial charge in [0, 0.05) is 4.47 Å². The lowest BCUT2D eigenvalue weighted by Gasteiger charge is -2.10. The lowest BCUT2D eigenvalue weighted by atomic mass is 9.96. The number of carboxylic acid groups (broad SMARTS) is 2. The van der Waals surface area contributed by atoms with Crippen molar-refractivity contribution in [1.82, 2.24) is 0 Å². The SMILES string of the molecule is O=C(O)CC(C(=O)O)c1cc(F)cc(Br)c1. The van der Waals surface area contributed by atoms with Crippen LogP contribution in [-0.4, -0.2) is 22.2 Å². The summed E-state index contributed by atoms with van der Waals surface area (Å²) in [4.78, 5) is 21.3. The molecule has 1 atom stereocenters. The molecule has 0 bridgehead atoms. The monoisotopic (exact) mass is 290 g/mol. The predicted molar refractivity (Wildman–Crippen MR) is 56.7 cm³/mol. The van der Waals surface area contributed by atoms with Crippen LogP contribution in [0.2, 0.25) is 0 Å². The maximum Gasteiger partial charge on any atom is 0.311 e. The van der Waals surface area contributed by atoms with Crippen molar-refractivity contribution in [2.45, 2.75) is 12.3 Å². The number of benzene rings is 1. The van der Waals surface area contributed by atoms with E-state index in [0.29, 0.717) is 4.47 Å². The molecule has 0 fully saturated rings. The first-order chi connectivity index (χ1) is 7.40. The highest BCUT2D eigenvalue weighted by atomic mass is 79.9. The molecular weight excluding hydrogens is 283 g/mol. The lowest BCUT2D eigenvalue weighted by molar-refractivity contribution is -0.145. The number of carbonyl (C=O) groups is 2. The minimum Gasteiger partial charge on any atom is -0.481 e. The first kappa shape index (κ1) is 12.6. The summed E-state index contributed by atoms with van der Waals surface area (Å²) in [6.45, 7) is 0. The second kappa shape index (κ2) is 5.07. The first-order valence-electron chi connectivity index (χ1n) is 4.30. The van der Waals surface area contributed by atoms with Gasteiger partial charge in [0.25, 0.3) is 0 Å². The maximum absolute atomic E-state index is 13.0. The number of rotatable bonds is 4. The quantitative estimate of drug-likeness (QED) is 0.892. The Bertz CT molecular complexity index is 413. The average Bonchev–Trinajstić information content (AvgIpc) is 2.11. The van der Waals surface area contributed by atoms with Gasteiger partial charge in [-0.1, -0.05) is 15.9 Å². The number of hydrogen-bond donors (Lipinski definition) is 2. The summed E-state index contributed by atoms with van der Waals surface area (Å²) in [6, 6.07) is 3.58. The summed E-state index contributed by atoms with van der Waals surface area (Å²) in [5.74, 6) is -4.39. The summed E-state index contributed by atoms with van der Waals surface area (Å²) in [5.41, 5.74) is 0.127. The fourth-order valence-corrected chi connectivity index (χ4v) is 1.78. The zero-order valence-electron chi connectivity index (χ0n) is 7.98. The normalized spacial score (nSPS) is 12.1. The molecule has 6 heteroatoms. The second-order valence-corrected chi connectivity index (χ2v) is 4.11. The molecule has 0 heterocycles. The van der Waals surface area contributed by atoms with Gasteiger partial charge in [0.2, 0.25) is 0 Å². The summed E-state index contributed by atoms with van der Waals surface area (Å²) >= 11 is 3.02. The molecule has 0 spiro atoms. The van der Waals surface area contributed by atoms with E-state index in [4.69, 9.17) is 10.2 Å². The van der Waals surface area contributed by atoms with Gasteiger partial charge in [0.15, 0.2) is 0 Å². The van der Waals surface area contributed by atoms with Crippen LogP contribution in [0.1, 0.15) is 17.9 Å². The second-order valence-electron chi connectivity index (χ2n) is 3.19. The highest BCUT2D eigenvalue weighted by molar-refractivity contribution is 9.10. The molecule has 2 N–H and O–H groups in total. The van der Waals surface area contributed by atoms with E-state index in [1.54, 1.807) is 0 Å². The number of aliphatic carboxylic acids is 2. The molecule has 1 aromatic carbocycles. The molecular formula is C10H8BrFO4. The maximum atomic E-state index is 13.0. The third-order valence-corrected chi connectivity index (χ3v) is 2.42. The number of carboxylic acids is 2. The smallest absolute Gasteiger partial charge is 0.311 e. The van der Waals surface area contributed by atoms with Gasteiger partial charge in [0.05, 0.1) is 12.3 Å². The van der Waals surface area contributed by atoms with E-state index < -0.39 is 30.1 Å². The van der Waals surface area contributed by atoms with Crippen LogP contribution in [0.5, 0.6) is 0 Å². The van der Waals surface area contributed by atoms with Crippen LogP contribution in [0.25, 0.3) is 0 Å². The van der Waals surface area contributed by atoms with Crippen molar-refractivity contribution in [1.29, 1.82) is 0 Å². The van der Waals surface area contributed by atoms with Gasteiger partial charge in [-0.2, -0.15) is 0 Å². The largest absolute Gasteiger partial charge is 0.481 e. The topological polar surface area (TPSA) is 74.6 Å². The first-order valence-corrected chi connectivity index (χ1v) is 5.10. The standard InChI is InChI=1S/C10H8BrFO4/c11-6-1-5(2-7(12)3-6)8(10(15)16)4-9(13)14/h1-3,8H,4H2,(H,13,14)(H,15,16). The minimum atomic E-state index is -1.29. The third-order valence-electron chi connectivity index (χ3n) is 1.96. The molecule has 4 nitrogen and oxygen atoms in total. The van der Waals surface area contributed by atoms with Gasteiger partial charge in [0.1, 0.15) is 5.82 Å². The van der Waals surface area contributed by atoms with Crippen LogP contribution in [0.3, 0.4) is 0 Å². The predicted octanol–water partition coefficient (Wildman–Crippen LogP) is 2.23. The van der Waals surface area contributed by atoms with E-state index in [9.17, 15) is 14.0 Å². The zero-order chi connectivity index (χ0) is 12.3. The molecule has 0 saturated heterocycles. The molecule has 0 saturated carbocycles. The molecule has 0 aliphatic carbocycles. The van der Waals surface area contributed by atoms with Gasteiger partial charge in [-0.3, -0.25) is 9.59 Å². The zero-order valence-corrected chi connectivity index (χ0v) is 9.57. The Morgan fingerprint density at radius 2 is 1.94 bits per heavy atom. The van der Waals surface area contributed by atoms with Gasteiger partial charge in [-0.25, -0.2) is 4.39 Å². The summed E-state index contributed by atoms with van der Waals surface area (Å²) < 4.78 is 13.4.